The number of hydrogen-bond donors (Lipinski definition) is 1. The summed E-state index contributed by atoms with van der Waals surface area (Å²) in [6.07, 6.45) is 1.44. The maximum atomic E-state index is 13.3. The van der Waals surface area contributed by atoms with Crippen molar-refractivity contribution in [2.24, 2.45) is 0 Å². The molecule has 0 bridgehead atoms. The first-order valence-electron chi connectivity index (χ1n) is 8.92. The van der Waals surface area contributed by atoms with Crippen LogP contribution in [-0.4, -0.2) is 31.8 Å². The third kappa shape index (κ3) is 5.26. The number of benzene rings is 1. The number of carbonyl (C=O) groups is 2. The Balaban J connectivity index is 2.02. The highest BCUT2D eigenvalue weighted by molar-refractivity contribution is 7.03. The molecule has 9 heteroatoms. The third-order valence-electron chi connectivity index (χ3n) is 3.98. The summed E-state index contributed by atoms with van der Waals surface area (Å²) in [5.41, 5.74) is 0.259. The Kier molecular flexibility index (Phi) is 6.07. The Morgan fingerprint density at radius 2 is 1.97 bits per heavy atom. The smallest absolute Gasteiger partial charge is 0.276 e. The van der Waals surface area contributed by atoms with Gasteiger partial charge in [0, 0.05) is 17.5 Å². The fourth-order valence-corrected chi connectivity index (χ4v) is 3.21. The van der Waals surface area contributed by atoms with E-state index >= 15 is 0 Å². The van der Waals surface area contributed by atoms with Crippen molar-refractivity contribution >= 4 is 23.3 Å². The summed E-state index contributed by atoms with van der Waals surface area (Å²) in [5, 5.41) is 8.26. The van der Waals surface area contributed by atoms with Gasteiger partial charge in [-0.15, -0.1) is 5.10 Å². The molecule has 2 amide bonds. The van der Waals surface area contributed by atoms with Crippen LogP contribution in [0.25, 0.3) is 0 Å². The molecular weight excluding hydrogens is 395 g/mol. The highest BCUT2D eigenvalue weighted by Crippen LogP contribution is 2.27. The molecule has 1 atom stereocenters. The second-order valence-electron chi connectivity index (χ2n) is 7.51. The molecule has 7 nitrogen and oxygen atoms in total. The van der Waals surface area contributed by atoms with Gasteiger partial charge in [-0.2, -0.15) is 0 Å². The average Bonchev–Trinajstić information content (AvgIpc) is 3.35. The summed E-state index contributed by atoms with van der Waals surface area (Å²) >= 11 is 1.04. The predicted octanol–water partition coefficient (Wildman–Crippen LogP) is 3.57. The van der Waals surface area contributed by atoms with E-state index in [2.05, 4.69) is 14.9 Å². The summed E-state index contributed by atoms with van der Waals surface area (Å²) < 4.78 is 22.6. The maximum absolute atomic E-state index is 13.3. The SMILES string of the molecule is CC(C)(C)NC(=O)C(c1ccco1)N(Cc1ccc(F)cc1)C(=O)c1csnn1. The molecule has 0 saturated carbocycles. The molecule has 29 heavy (non-hydrogen) atoms. The average molecular weight is 416 g/mol. The molecule has 152 valence electrons. The number of aromatic nitrogens is 2. The van der Waals surface area contributed by atoms with Crippen molar-refractivity contribution in [3.63, 3.8) is 0 Å². The van der Waals surface area contributed by atoms with E-state index in [1.54, 1.807) is 24.3 Å². The summed E-state index contributed by atoms with van der Waals surface area (Å²) in [7, 11) is 0. The van der Waals surface area contributed by atoms with Crippen molar-refractivity contribution in [2.75, 3.05) is 0 Å². The van der Waals surface area contributed by atoms with E-state index in [9.17, 15) is 14.0 Å². The molecule has 0 fully saturated rings. The zero-order valence-corrected chi connectivity index (χ0v) is 17.1. The minimum Gasteiger partial charge on any atom is -0.467 e. The lowest BCUT2D eigenvalue weighted by Crippen LogP contribution is -2.49. The van der Waals surface area contributed by atoms with Crippen molar-refractivity contribution in [3.05, 3.63) is 70.9 Å². The normalized spacial score (nSPS) is 12.4. The quantitative estimate of drug-likeness (QED) is 0.664. The minimum atomic E-state index is -1.04. The summed E-state index contributed by atoms with van der Waals surface area (Å²) in [5.74, 6) is -0.951. The van der Waals surface area contributed by atoms with E-state index in [4.69, 9.17) is 4.42 Å². The van der Waals surface area contributed by atoms with Crippen LogP contribution in [0.2, 0.25) is 0 Å². The number of carbonyl (C=O) groups excluding carboxylic acids is 2. The van der Waals surface area contributed by atoms with E-state index in [1.165, 1.54) is 28.7 Å². The molecule has 1 unspecified atom stereocenters. The Morgan fingerprint density at radius 3 is 2.52 bits per heavy atom. The van der Waals surface area contributed by atoms with Gasteiger partial charge in [-0.3, -0.25) is 9.59 Å². The second-order valence-corrected chi connectivity index (χ2v) is 8.12. The van der Waals surface area contributed by atoms with Gasteiger partial charge < -0.3 is 14.6 Å². The Morgan fingerprint density at radius 1 is 1.24 bits per heavy atom. The number of furan rings is 1. The van der Waals surface area contributed by atoms with Gasteiger partial charge in [0.25, 0.3) is 11.8 Å². The Bertz CT molecular complexity index is 951. The van der Waals surface area contributed by atoms with Crippen LogP contribution in [0, 0.1) is 5.82 Å². The third-order valence-corrected chi connectivity index (χ3v) is 4.48. The van der Waals surface area contributed by atoms with Crippen LogP contribution < -0.4 is 5.32 Å². The number of halogens is 1. The van der Waals surface area contributed by atoms with Crippen LogP contribution in [0.1, 0.15) is 48.6 Å². The van der Waals surface area contributed by atoms with E-state index in [0.29, 0.717) is 11.3 Å². The number of nitrogens with one attached hydrogen (secondary N) is 1. The predicted molar refractivity (Wildman–Crippen MR) is 106 cm³/mol. The van der Waals surface area contributed by atoms with E-state index in [-0.39, 0.29) is 18.1 Å². The van der Waals surface area contributed by atoms with E-state index in [1.807, 2.05) is 20.8 Å². The van der Waals surface area contributed by atoms with Crippen LogP contribution in [0.15, 0.2) is 52.5 Å². The monoisotopic (exact) mass is 416 g/mol. The van der Waals surface area contributed by atoms with Gasteiger partial charge in [0.05, 0.1) is 6.26 Å². The van der Waals surface area contributed by atoms with Crippen molar-refractivity contribution in [2.45, 2.75) is 38.9 Å². The lowest BCUT2D eigenvalue weighted by Gasteiger charge is -2.32. The second kappa shape index (κ2) is 8.52. The molecule has 0 radical (unpaired) electrons. The maximum Gasteiger partial charge on any atom is 0.276 e. The molecule has 2 aromatic heterocycles. The van der Waals surface area contributed by atoms with Crippen molar-refractivity contribution < 1.29 is 18.4 Å². The number of rotatable bonds is 6. The van der Waals surface area contributed by atoms with Crippen LogP contribution >= 0.6 is 11.5 Å². The first kappa shape index (κ1) is 20.7. The summed E-state index contributed by atoms with van der Waals surface area (Å²) in [4.78, 5) is 27.7. The Labute approximate surface area is 171 Å². The van der Waals surface area contributed by atoms with Crippen LogP contribution in [0.3, 0.4) is 0 Å². The van der Waals surface area contributed by atoms with Crippen LogP contribution in [-0.2, 0) is 11.3 Å². The lowest BCUT2D eigenvalue weighted by molar-refractivity contribution is -0.128. The summed E-state index contributed by atoms with van der Waals surface area (Å²) in [6.45, 7) is 5.60. The highest BCUT2D eigenvalue weighted by Gasteiger charge is 2.36. The highest BCUT2D eigenvalue weighted by atomic mass is 32.1. The summed E-state index contributed by atoms with van der Waals surface area (Å²) in [6, 6.07) is 7.99. The molecule has 3 aromatic rings. The van der Waals surface area contributed by atoms with Gasteiger partial charge >= 0.3 is 0 Å². The van der Waals surface area contributed by atoms with E-state index in [0.717, 1.165) is 11.5 Å². The fraction of sp³-hybridized carbons (Fsp3) is 0.300. The molecule has 0 spiro atoms. The minimum absolute atomic E-state index is 0.0551. The number of amides is 2. The van der Waals surface area contributed by atoms with Crippen molar-refractivity contribution in [1.29, 1.82) is 0 Å². The van der Waals surface area contributed by atoms with Gasteiger partial charge in [-0.1, -0.05) is 16.6 Å². The molecule has 2 heterocycles. The van der Waals surface area contributed by atoms with E-state index < -0.39 is 23.4 Å². The standard InChI is InChI=1S/C20H21FN4O3S/c1-20(2,3)22-18(26)17(16-5-4-10-28-16)25(19(27)15-12-29-24-23-15)11-13-6-8-14(21)9-7-13/h4-10,12,17H,11H2,1-3H3,(H,22,26). The largest absolute Gasteiger partial charge is 0.467 e. The van der Waals surface area contributed by atoms with Crippen LogP contribution in [0.4, 0.5) is 4.39 Å². The molecular formula is C20H21FN4O3S. The number of hydrogen-bond acceptors (Lipinski definition) is 6. The molecule has 1 N–H and O–H groups in total. The van der Waals surface area contributed by atoms with Gasteiger partial charge in [0.2, 0.25) is 0 Å². The molecule has 0 saturated heterocycles. The molecule has 0 aliphatic carbocycles. The van der Waals surface area contributed by atoms with Gasteiger partial charge in [0.1, 0.15) is 11.6 Å². The van der Waals surface area contributed by atoms with Crippen molar-refractivity contribution in [3.8, 4) is 0 Å². The zero-order valence-electron chi connectivity index (χ0n) is 16.3. The number of nitrogens with zero attached hydrogens (tertiary/aromatic N) is 3. The Hall–Kier alpha value is -3.07. The topological polar surface area (TPSA) is 88.3 Å². The molecule has 3 rings (SSSR count). The van der Waals surface area contributed by atoms with Gasteiger partial charge in [0.15, 0.2) is 11.7 Å². The zero-order chi connectivity index (χ0) is 21.0. The molecule has 0 aliphatic heterocycles. The van der Waals surface area contributed by atoms with Gasteiger partial charge in [-0.25, -0.2) is 4.39 Å². The first-order valence-corrected chi connectivity index (χ1v) is 9.76. The molecule has 1 aromatic carbocycles. The first-order chi connectivity index (χ1) is 13.7. The fourth-order valence-electron chi connectivity index (χ4n) is 2.78. The van der Waals surface area contributed by atoms with Gasteiger partial charge in [-0.05, 0) is 62.1 Å². The molecule has 0 aliphatic rings. The van der Waals surface area contributed by atoms with Crippen molar-refractivity contribution in [1.82, 2.24) is 19.8 Å². The lowest BCUT2D eigenvalue weighted by atomic mass is 10.1. The van der Waals surface area contributed by atoms with Crippen LogP contribution in [0.5, 0.6) is 0 Å².